The minimum Gasteiger partial charge on any atom is -0.481 e. The fourth-order valence-corrected chi connectivity index (χ4v) is 5.27. The van der Waals surface area contributed by atoms with E-state index in [1.54, 1.807) is 6.07 Å². The molecule has 2 aromatic carbocycles. The number of carbonyl (C=O) groups excluding carboxylic acids is 5. The zero-order valence-corrected chi connectivity index (χ0v) is 25.1. The van der Waals surface area contributed by atoms with Crippen LogP contribution in [-0.2, 0) is 35.2 Å². The normalized spacial score (nSPS) is 17.5. The summed E-state index contributed by atoms with van der Waals surface area (Å²) in [5.74, 6) is -5.27. The van der Waals surface area contributed by atoms with Gasteiger partial charge in [0.25, 0.3) is 0 Å². The maximum atomic E-state index is 13.7. The number of likely N-dealkylation sites (tertiary alicyclic amines) is 1. The Bertz CT molecular complexity index is 1390. The molecule has 1 saturated heterocycles. The number of primary amides is 1. The molecule has 1 aliphatic heterocycles. The van der Waals surface area contributed by atoms with Crippen LogP contribution in [0.2, 0.25) is 0 Å². The molecule has 1 aliphatic rings. The molecule has 0 bridgehead atoms. The van der Waals surface area contributed by atoms with Crippen LogP contribution in [0.4, 0.5) is 0 Å². The van der Waals surface area contributed by atoms with Crippen molar-refractivity contribution in [3.8, 4) is 0 Å². The van der Waals surface area contributed by atoms with Crippen LogP contribution in [0.15, 0.2) is 42.5 Å². The van der Waals surface area contributed by atoms with Crippen LogP contribution >= 0.6 is 11.6 Å². The zero-order chi connectivity index (χ0) is 32.4. The minimum atomic E-state index is -1.41. The molecule has 2 unspecified atom stereocenters. The number of aliphatic carboxylic acids is 1. The van der Waals surface area contributed by atoms with Crippen LogP contribution in [-0.4, -0.2) is 93.3 Å². The van der Waals surface area contributed by atoms with Gasteiger partial charge in [-0.1, -0.05) is 42.5 Å². The Kier molecular flexibility index (Phi) is 12.5. The fraction of sp³-hybridized carbons (Fsp3) is 0.467. The Labute approximate surface area is 259 Å². The van der Waals surface area contributed by atoms with E-state index in [1.807, 2.05) is 36.4 Å². The van der Waals surface area contributed by atoms with Gasteiger partial charge in [-0.15, -0.1) is 11.6 Å². The van der Waals surface area contributed by atoms with Crippen molar-refractivity contribution in [2.24, 2.45) is 5.73 Å². The van der Waals surface area contributed by atoms with E-state index in [-0.39, 0.29) is 25.8 Å². The number of nitrogens with two attached hydrogens (primary N) is 1. The summed E-state index contributed by atoms with van der Waals surface area (Å²) >= 11 is 5.59. The molecule has 0 radical (unpaired) electrons. The van der Waals surface area contributed by atoms with Crippen molar-refractivity contribution < 1.29 is 39.0 Å². The highest BCUT2D eigenvalue weighted by molar-refractivity contribution is 6.27. The monoisotopic (exact) mass is 631 g/mol. The number of halogens is 1. The van der Waals surface area contributed by atoms with E-state index in [2.05, 4.69) is 16.0 Å². The topological polar surface area (TPSA) is 208 Å². The molecule has 0 saturated carbocycles. The molecule has 5 amide bonds. The summed E-state index contributed by atoms with van der Waals surface area (Å²) in [6.07, 6.45) is -0.463. The molecule has 1 fully saturated rings. The number of hydrogen-bond donors (Lipinski definition) is 6. The third-order valence-electron chi connectivity index (χ3n) is 7.46. The number of nitrogens with one attached hydrogen (secondary N) is 3. The number of aliphatic hydroxyl groups excluding tert-OH is 1. The summed E-state index contributed by atoms with van der Waals surface area (Å²) in [6.45, 7) is 1.46. The number of benzene rings is 2. The van der Waals surface area contributed by atoms with Crippen molar-refractivity contribution >= 4 is 57.9 Å². The second-order valence-electron chi connectivity index (χ2n) is 10.8. The van der Waals surface area contributed by atoms with E-state index in [0.717, 1.165) is 10.8 Å². The van der Waals surface area contributed by atoms with Gasteiger partial charge in [0, 0.05) is 19.4 Å². The van der Waals surface area contributed by atoms with Crippen molar-refractivity contribution in [3.05, 3.63) is 48.0 Å². The summed E-state index contributed by atoms with van der Waals surface area (Å²) < 4.78 is 0. The van der Waals surface area contributed by atoms with Gasteiger partial charge >= 0.3 is 5.97 Å². The maximum Gasteiger partial charge on any atom is 0.303 e. The van der Waals surface area contributed by atoms with E-state index >= 15 is 0 Å². The predicted molar refractivity (Wildman–Crippen MR) is 161 cm³/mol. The Balaban J connectivity index is 1.87. The van der Waals surface area contributed by atoms with Crippen LogP contribution in [0.1, 0.15) is 44.6 Å². The molecule has 3 rings (SSSR count). The van der Waals surface area contributed by atoms with Gasteiger partial charge in [0.1, 0.15) is 30.0 Å². The summed E-state index contributed by atoms with van der Waals surface area (Å²) in [6, 6.07) is 8.26. The number of rotatable bonds is 14. The van der Waals surface area contributed by atoms with Crippen LogP contribution in [0.25, 0.3) is 10.8 Å². The van der Waals surface area contributed by atoms with Crippen molar-refractivity contribution in [1.82, 2.24) is 20.9 Å². The first-order chi connectivity index (χ1) is 20.9. The number of hydrogen-bond acceptors (Lipinski definition) is 7. The highest BCUT2D eigenvalue weighted by Crippen LogP contribution is 2.21. The third-order valence-corrected chi connectivity index (χ3v) is 7.71. The summed E-state index contributed by atoms with van der Waals surface area (Å²) in [7, 11) is 0. The molecule has 2 aromatic rings. The first-order valence-electron chi connectivity index (χ1n) is 14.3. The van der Waals surface area contributed by atoms with Crippen molar-refractivity contribution in [1.29, 1.82) is 0 Å². The third kappa shape index (κ3) is 9.38. The van der Waals surface area contributed by atoms with Crippen LogP contribution in [0.3, 0.4) is 0 Å². The molecule has 238 valence electrons. The average Bonchev–Trinajstić information content (AvgIpc) is 3.00. The van der Waals surface area contributed by atoms with Gasteiger partial charge in [-0.3, -0.25) is 28.8 Å². The molecule has 0 aromatic heterocycles. The van der Waals surface area contributed by atoms with E-state index < -0.39 is 78.1 Å². The molecule has 5 atom stereocenters. The molecule has 7 N–H and O–H groups in total. The standard InChI is InChI=1S/C30H38ClN5O8/c1-17(37)26(27(32)41)35-28(42)22(15-18-9-10-19-6-2-3-7-20(19)14-18)34-29(43)23-8-4-5-13-36(23)30(44)21(11-12-25(39)40)33-24(38)16-31/h2-3,6-7,9-10,14,17,21-23,26,37H,4-5,8,11-13,15-16H2,1H3,(H2,32,41)(H,33,38)(H,34,43)(H,35,42)(H,39,40)/t17?,21-,22?,23-,26-/m0/s1. The highest BCUT2D eigenvalue weighted by atomic mass is 35.5. The van der Waals surface area contributed by atoms with Gasteiger partial charge in [0.2, 0.25) is 29.5 Å². The summed E-state index contributed by atoms with van der Waals surface area (Å²) in [4.78, 5) is 77.1. The number of carboxylic acids is 1. The predicted octanol–water partition coefficient (Wildman–Crippen LogP) is 0.188. The molecule has 14 heteroatoms. The Morgan fingerprint density at radius 1 is 1.00 bits per heavy atom. The second kappa shape index (κ2) is 16.0. The van der Waals surface area contributed by atoms with Crippen molar-refractivity contribution in [2.75, 3.05) is 12.4 Å². The lowest BCUT2D eigenvalue weighted by Gasteiger charge is -2.37. The highest BCUT2D eigenvalue weighted by Gasteiger charge is 2.38. The number of alkyl halides is 1. The zero-order valence-electron chi connectivity index (χ0n) is 24.3. The van der Waals surface area contributed by atoms with E-state index in [9.17, 15) is 33.9 Å². The number of fused-ring (bicyclic) bond motifs is 1. The molecule has 1 heterocycles. The lowest BCUT2D eigenvalue weighted by Crippen LogP contribution is -2.61. The quantitative estimate of drug-likeness (QED) is 0.158. The smallest absolute Gasteiger partial charge is 0.303 e. The average molecular weight is 632 g/mol. The van der Waals surface area contributed by atoms with E-state index in [4.69, 9.17) is 22.4 Å². The molecule has 0 spiro atoms. The second-order valence-corrected chi connectivity index (χ2v) is 11.1. The number of nitrogens with zero attached hydrogens (tertiary/aromatic N) is 1. The Hall–Kier alpha value is -4.23. The van der Waals surface area contributed by atoms with Crippen LogP contribution in [0, 0.1) is 0 Å². The number of piperidine rings is 1. The first kappa shape index (κ1) is 34.3. The number of aliphatic hydroxyl groups is 1. The van der Waals surface area contributed by atoms with Gasteiger partial charge < -0.3 is 36.8 Å². The molecule has 44 heavy (non-hydrogen) atoms. The first-order valence-corrected chi connectivity index (χ1v) is 14.9. The number of carbonyl (C=O) groups is 6. The Morgan fingerprint density at radius 3 is 2.34 bits per heavy atom. The lowest BCUT2D eigenvalue weighted by atomic mass is 9.97. The molecule has 0 aliphatic carbocycles. The largest absolute Gasteiger partial charge is 0.481 e. The van der Waals surface area contributed by atoms with Gasteiger partial charge in [0.15, 0.2) is 0 Å². The Morgan fingerprint density at radius 2 is 1.70 bits per heavy atom. The SMILES string of the molecule is CC(O)[C@H](NC(=O)C(Cc1ccc2ccccc2c1)NC(=O)[C@@H]1CCCCN1C(=O)[C@H](CCC(=O)O)NC(=O)CCl)C(N)=O. The maximum absolute atomic E-state index is 13.7. The van der Waals surface area contributed by atoms with Crippen molar-refractivity contribution in [2.45, 2.75) is 75.7 Å². The van der Waals surface area contributed by atoms with Gasteiger partial charge in [-0.05, 0) is 48.9 Å². The van der Waals surface area contributed by atoms with Crippen LogP contribution in [0.5, 0.6) is 0 Å². The summed E-state index contributed by atoms with van der Waals surface area (Å²) in [5, 5.41) is 28.6. The lowest BCUT2D eigenvalue weighted by molar-refractivity contribution is -0.146. The molecular formula is C30H38ClN5O8. The fourth-order valence-electron chi connectivity index (χ4n) is 5.19. The van der Waals surface area contributed by atoms with Gasteiger partial charge in [0.05, 0.1) is 6.10 Å². The molecule has 13 nitrogen and oxygen atoms in total. The van der Waals surface area contributed by atoms with Crippen molar-refractivity contribution in [3.63, 3.8) is 0 Å². The summed E-state index contributed by atoms with van der Waals surface area (Å²) in [5.41, 5.74) is 6.07. The minimum absolute atomic E-state index is 0.0153. The van der Waals surface area contributed by atoms with Gasteiger partial charge in [-0.25, -0.2) is 0 Å². The number of carboxylic acid groups (broad SMARTS) is 1. The van der Waals surface area contributed by atoms with E-state index in [1.165, 1.54) is 11.8 Å². The van der Waals surface area contributed by atoms with Crippen LogP contribution < -0.4 is 21.7 Å². The molecular weight excluding hydrogens is 594 g/mol. The van der Waals surface area contributed by atoms with E-state index in [0.29, 0.717) is 18.4 Å². The van der Waals surface area contributed by atoms with Gasteiger partial charge in [-0.2, -0.15) is 0 Å². The number of amides is 5.